The van der Waals surface area contributed by atoms with Crippen LogP contribution in [0.3, 0.4) is 0 Å². The van der Waals surface area contributed by atoms with Crippen molar-refractivity contribution in [2.75, 3.05) is 5.75 Å². The van der Waals surface area contributed by atoms with Gasteiger partial charge in [0.25, 0.3) is 0 Å². The van der Waals surface area contributed by atoms with Gasteiger partial charge in [-0.05, 0) is 40.8 Å². The van der Waals surface area contributed by atoms with Crippen molar-refractivity contribution in [1.29, 1.82) is 0 Å². The van der Waals surface area contributed by atoms with Crippen LogP contribution < -0.4 is 5.32 Å². The highest BCUT2D eigenvalue weighted by atomic mass is 32.2. The molecule has 0 bridgehead atoms. The average Bonchev–Trinajstić information content (AvgIpc) is 3.40. The number of nitrogens with one attached hydrogen (secondary N) is 1. The fourth-order valence-electron chi connectivity index (χ4n) is 4.72. The maximum absolute atomic E-state index is 11.3. The van der Waals surface area contributed by atoms with E-state index < -0.39 is 6.29 Å². The van der Waals surface area contributed by atoms with Gasteiger partial charge in [-0.25, -0.2) is 0 Å². The molecular weight excluding hydrogens is 542 g/mol. The summed E-state index contributed by atoms with van der Waals surface area (Å²) < 4.78 is 14.1. The number of hydrogen-bond donors (Lipinski definition) is 2. The fourth-order valence-corrected chi connectivity index (χ4v) is 6.73. The number of aliphatic hydroxyl groups is 1. The second-order valence-electron chi connectivity index (χ2n) is 9.95. The lowest BCUT2D eigenvalue weighted by Crippen LogP contribution is -2.38. The van der Waals surface area contributed by atoms with Crippen LogP contribution >= 0.6 is 23.1 Å². The van der Waals surface area contributed by atoms with Gasteiger partial charge >= 0.3 is 0 Å². The predicted octanol–water partition coefficient (Wildman–Crippen LogP) is 6.23. The number of benzene rings is 3. The summed E-state index contributed by atoms with van der Waals surface area (Å²) in [5.41, 5.74) is 6.09. The summed E-state index contributed by atoms with van der Waals surface area (Å²) in [6, 6.07) is 24.4. The number of aryl methyl sites for hydroxylation is 1. The molecule has 1 aliphatic rings. The van der Waals surface area contributed by atoms with E-state index in [1.54, 1.807) is 23.1 Å². The Labute approximate surface area is 243 Å². The molecule has 9 heteroatoms. The number of ether oxygens (including phenoxy) is 2. The fraction of sp³-hybridized carbons (Fsp3) is 0.323. The summed E-state index contributed by atoms with van der Waals surface area (Å²) >= 11 is 3.25. The van der Waals surface area contributed by atoms with Crippen LogP contribution in [-0.4, -0.2) is 33.1 Å². The third-order valence-electron chi connectivity index (χ3n) is 6.99. The predicted molar refractivity (Wildman–Crippen MR) is 158 cm³/mol. The molecule has 0 saturated carbocycles. The lowest BCUT2D eigenvalue weighted by atomic mass is 9.91. The third-order valence-corrected chi connectivity index (χ3v) is 9.05. The lowest BCUT2D eigenvalue weighted by molar-refractivity contribution is -0.268. The van der Waals surface area contributed by atoms with Crippen molar-refractivity contribution in [2.45, 2.75) is 56.8 Å². The Morgan fingerprint density at radius 1 is 0.975 bits per heavy atom. The largest absolute Gasteiger partial charge is 0.392 e. The van der Waals surface area contributed by atoms with E-state index in [1.165, 1.54) is 6.92 Å². The highest BCUT2D eigenvalue weighted by Gasteiger charge is 2.38. The van der Waals surface area contributed by atoms with Gasteiger partial charge < -0.3 is 19.9 Å². The minimum Gasteiger partial charge on any atom is -0.392 e. The maximum Gasteiger partial charge on any atom is 0.217 e. The molecule has 4 aromatic rings. The smallest absolute Gasteiger partial charge is 0.217 e. The van der Waals surface area contributed by atoms with Crippen LogP contribution in [-0.2, 0) is 27.4 Å². The molecule has 1 amide bonds. The molecule has 0 aliphatic carbocycles. The molecule has 7 nitrogen and oxygen atoms in total. The summed E-state index contributed by atoms with van der Waals surface area (Å²) in [6.07, 6.45) is -0.764. The van der Waals surface area contributed by atoms with Gasteiger partial charge in [-0.15, -0.1) is 10.2 Å². The molecule has 0 radical (unpaired) electrons. The van der Waals surface area contributed by atoms with Gasteiger partial charge in [0.15, 0.2) is 10.6 Å². The van der Waals surface area contributed by atoms with Crippen molar-refractivity contribution in [1.82, 2.24) is 15.5 Å². The van der Waals surface area contributed by atoms with Crippen molar-refractivity contribution in [3.63, 3.8) is 0 Å². The number of hydrogen-bond acceptors (Lipinski definition) is 8. The molecule has 1 saturated heterocycles. The van der Waals surface area contributed by atoms with Crippen LogP contribution in [0.25, 0.3) is 11.1 Å². The number of carbonyl (C=O) groups excluding carboxylic acids is 1. The van der Waals surface area contributed by atoms with Crippen LogP contribution in [0.5, 0.6) is 0 Å². The van der Waals surface area contributed by atoms with Crippen molar-refractivity contribution in [3.05, 3.63) is 100 Å². The molecule has 1 aliphatic heterocycles. The van der Waals surface area contributed by atoms with Gasteiger partial charge in [0.1, 0.15) is 5.01 Å². The van der Waals surface area contributed by atoms with Crippen LogP contribution in [0.4, 0.5) is 0 Å². The highest BCUT2D eigenvalue weighted by molar-refractivity contribution is 8.01. The van der Waals surface area contributed by atoms with Crippen LogP contribution in [0.2, 0.25) is 0 Å². The van der Waals surface area contributed by atoms with E-state index in [0.29, 0.717) is 6.54 Å². The molecule has 208 valence electrons. The Hall–Kier alpha value is -3.08. The number of rotatable bonds is 9. The van der Waals surface area contributed by atoms with Crippen molar-refractivity contribution >= 4 is 29.0 Å². The van der Waals surface area contributed by atoms with E-state index >= 15 is 0 Å². The SMILES string of the molecule is CC(=O)NCc1cccc(-c2ccc([C@H]3O[C@@H](CSc4nnc(C)s4)[C@@H](C)[C@@H](c4ccc(CO)cc4)O3)cc2)c1. The Balaban J connectivity index is 1.36. The van der Waals surface area contributed by atoms with Crippen LogP contribution in [0.1, 0.15) is 53.5 Å². The Kier molecular flexibility index (Phi) is 9.29. The Morgan fingerprint density at radius 2 is 1.73 bits per heavy atom. The van der Waals surface area contributed by atoms with Crippen molar-refractivity contribution in [3.8, 4) is 11.1 Å². The standard InChI is InChI=1S/C31H33N3O4S2/c1-19-28(18-39-31-34-33-21(3)40-31)37-30(38-29(19)25-9-7-22(17-35)8-10-25)26-13-11-24(12-14-26)27-6-4-5-23(15-27)16-32-20(2)36/h4-15,19,28-30,35H,16-18H2,1-3H3,(H,32,36)/t19-,28+,29+,30+/m1/s1. The molecule has 40 heavy (non-hydrogen) atoms. The average molecular weight is 576 g/mol. The molecule has 5 rings (SSSR count). The molecule has 0 spiro atoms. The summed E-state index contributed by atoms with van der Waals surface area (Å²) in [6.45, 7) is 6.15. The molecule has 2 N–H and O–H groups in total. The molecule has 1 aromatic heterocycles. The first-order valence-corrected chi connectivity index (χ1v) is 15.1. The van der Waals surface area contributed by atoms with Gasteiger partial charge in [-0.3, -0.25) is 4.79 Å². The first-order valence-electron chi connectivity index (χ1n) is 13.3. The number of aliphatic hydroxyl groups excluding tert-OH is 1. The minimum atomic E-state index is -0.527. The Morgan fingerprint density at radius 3 is 2.40 bits per heavy atom. The molecule has 4 atom stereocenters. The van der Waals surface area contributed by atoms with Crippen molar-refractivity contribution < 1.29 is 19.4 Å². The molecule has 0 unspecified atom stereocenters. The number of amides is 1. The van der Waals surface area contributed by atoms with Gasteiger partial charge in [-0.2, -0.15) is 0 Å². The van der Waals surface area contributed by atoms with Gasteiger partial charge in [0.05, 0.1) is 18.8 Å². The first kappa shape index (κ1) is 28.4. The third kappa shape index (κ3) is 6.97. The normalized spacial score (nSPS) is 20.8. The molecular formula is C31H33N3O4S2. The number of thioether (sulfide) groups is 1. The highest BCUT2D eigenvalue weighted by Crippen LogP contribution is 2.43. The topological polar surface area (TPSA) is 93.6 Å². The lowest BCUT2D eigenvalue weighted by Gasteiger charge is -2.41. The molecule has 3 aromatic carbocycles. The van der Waals surface area contributed by atoms with E-state index in [2.05, 4.69) is 58.8 Å². The van der Waals surface area contributed by atoms with E-state index in [4.69, 9.17) is 9.47 Å². The summed E-state index contributed by atoms with van der Waals surface area (Å²) in [4.78, 5) is 11.3. The van der Waals surface area contributed by atoms with Crippen LogP contribution in [0, 0.1) is 12.8 Å². The minimum absolute atomic E-state index is 0.0100. The van der Waals surface area contributed by atoms with Crippen LogP contribution in [0.15, 0.2) is 77.1 Å². The number of nitrogens with zero attached hydrogens (tertiary/aromatic N) is 2. The zero-order chi connectivity index (χ0) is 28.1. The monoisotopic (exact) mass is 575 g/mol. The maximum atomic E-state index is 11.3. The second kappa shape index (κ2) is 13.1. The quantitative estimate of drug-likeness (QED) is 0.229. The summed E-state index contributed by atoms with van der Waals surface area (Å²) in [7, 11) is 0. The van der Waals surface area contributed by atoms with E-state index in [9.17, 15) is 9.90 Å². The number of aromatic nitrogens is 2. The second-order valence-corrected chi connectivity index (χ2v) is 12.4. The van der Waals surface area contributed by atoms with Crippen molar-refractivity contribution in [2.24, 2.45) is 5.92 Å². The number of carbonyl (C=O) groups is 1. The van der Waals surface area contributed by atoms with E-state index in [1.807, 2.05) is 43.3 Å². The Bertz CT molecular complexity index is 1430. The van der Waals surface area contributed by atoms with Gasteiger partial charge in [0.2, 0.25) is 5.91 Å². The summed E-state index contributed by atoms with van der Waals surface area (Å²) in [5, 5.41) is 21.7. The zero-order valence-electron chi connectivity index (χ0n) is 22.7. The first-order chi connectivity index (χ1) is 19.4. The zero-order valence-corrected chi connectivity index (χ0v) is 24.4. The molecule has 1 fully saturated rings. The van der Waals surface area contributed by atoms with Gasteiger partial charge in [-0.1, -0.05) is 96.8 Å². The summed E-state index contributed by atoms with van der Waals surface area (Å²) in [5.74, 6) is 0.790. The molecule has 2 heterocycles. The van der Waals surface area contributed by atoms with E-state index in [0.717, 1.165) is 48.5 Å². The van der Waals surface area contributed by atoms with E-state index in [-0.39, 0.29) is 30.6 Å². The van der Waals surface area contributed by atoms with Gasteiger partial charge in [0, 0.05) is 30.7 Å².